The largest absolute Gasteiger partial charge is 0.433 e. The van der Waals surface area contributed by atoms with E-state index in [0.29, 0.717) is 0 Å². The van der Waals surface area contributed by atoms with Crippen LogP contribution in [0.4, 0.5) is 13.2 Å². The molecule has 0 amide bonds. The third-order valence-corrected chi connectivity index (χ3v) is 1.36. The van der Waals surface area contributed by atoms with Gasteiger partial charge in [0.05, 0.1) is 24.4 Å². The molecule has 0 atom stereocenters. The van der Waals surface area contributed by atoms with Gasteiger partial charge in [-0.25, -0.2) is 4.39 Å². The predicted octanol–water partition coefficient (Wildman–Crippen LogP) is 1.89. The zero-order valence-corrected chi connectivity index (χ0v) is 6.88. The molecule has 0 aromatic carbocycles. The molecule has 6 heteroatoms. The second kappa shape index (κ2) is 4.46. The fourth-order valence-corrected chi connectivity index (χ4v) is 0.821. The molecular formula is C8H5F3N2O. The van der Waals surface area contributed by atoms with Gasteiger partial charge in [0.15, 0.2) is 0 Å². The summed E-state index contributed by atoms with van der Waals surface area (Å²) in [5.74, 6) is -1.19. The van der Waals surface area contributed by atoms with Crippen molar-refractivity contribution in [3.05, 3.63) is 23.8 Å². The Morgan fingerprint density at radius 3 is 2.79 bits per heavy atom. The zero-order chi connectivity index (χ0) is 10.6. The van der Waals surface area contributed by atoms with Gasteiger partial charge < -0.3 is 4.74 Å². The summed E-state index contributed by atoms with van der Waals surface area (Å²) in [5, 5.41) is 8.25. The molecule has 1 aromatic rings. The van der Waals surface area contributed by atoms with Crippen molar-refractivity contribution in [3.8, 4) is 11.8 Å². The number of nitriles is 1. The van der Waals surface area contributed by atoms with Crippen LogP contribution in [0.3, 0.4) is 0 Å². The van der Waals surface area contributed by atoms with Crippen LogP contribution < -0.4 is 4.74 Å². The lowest BCUT2D eigenvalue weighted by Gasteiger charge is -2.04. The highest BCUT2D eigenvalue weighted by Crippen LogP contribution is 2.16. The summed E-state index contributed by atoms with van der Waals surface area (Å²) < 4.78 is 40.2. The smallest absolute Gasteiger partial charge is 0.387 e. The number of halogens is 3. The minimum Gasteiger partial charge on any atom is -0.433 e. The number of rotatable bonds is 3. The number of aromatic nitrogens is 1. The van der Waals surface area contributed by atoms with Crippen LogP contribution in [0.5, 0.6) is 5.75 Å². The second-order valence-electron chi connectivity index (χ2n) is 2.31. The van der Waals surface area contributed by atoms with Gasteiger partial charge in [-0.05, 0) is 0 Å². The maximum Gasteiger partial charge on any atom is 0.387 e. The first kappa shape index (κ1) is 10.3. The van der Waals surface area contributed by atoms with Gasteiger partial charge in [0.25, 0.3) is 0 Å². The van der Waals surface area contributed by atoms with Crippen molar-refractivity contribution in [2.24, 2.45) is 0 Å². The van der Waals surface area contributed by atoms with Crippen molar-refractivity contribution in [2.75, 3.05) is 0 Å². The molecule has 0 aliphatic rings. The first-order chi connectivity index (χ1) is 6.63. The zero-order valence-electron chi connectivity index (χ0n) is 6.88. The maximum atomic E-state index is 12.9. The summed E-state index contributed by atoms with van der Waals surface area (Å²) >= 11 is 0. The summed E-state index contributed by atoms with van der Waals surface area (Å²) in [4.78, 5) is 3.47. The van der Waals surface area contributed by atoms with Crippen LogP contribution in [-0.2, 0) is 6.42 Å². The molecule has 74 valence electrons. The van der Waals surface area contributed by atoms with Gasteiger partial charge in [-0.3, -0.25) is 4.98 Å². The van der Waals surface area contributed by atoms with Gasteiger partial charge in [0.1, 0.15) is 11.6 Å². The molecule has 1 heterocycles. The Labute approximate surface area is 77.7 Å². The monoisotopic (exact) mass is 202 g/mol. The van der Waals surface area contributed by atoms with Crippen LogP contribution in [0.2, 0.25) is 0 Å². The van der Waals surface area contributed by atoms with Gasteiger partial charge in [-0.15, -0.1) is 0 Å². The predicted molar refractivity (Wildman–Crippen MR) is 40.1 cm³/mol. The van der Waals surface area contributed by atoms with Crippen LogP contribution in [-0.4, -0.2) is 11.6 Å². The molecular weight excluding hydrogens is 197 g/mol. The summed E-state index contributed by atoms with van der Waals surface area (Å²) in [7, 11) is 0. The highest BCUT2D eigenvalue weighted by Gasteiger charge is 2.09. The van der Waals surface area contributed by atoms with E-state index in [9.17, 15) is 13.2 Å². The molecule has 0 bridgehead atoms. The van der Waals surface area contributed by atoms with Crippen LogP contribution in [0.1, 0.15) is 5.69 Å². The number of alkyl halides is 2. The summed E-state index contributed by atoms with van der Waals surface area (Å²) in [6.45, 7) is -3.02. The molecule has 1 rings (SSSR count). The summed E-state index contributed by atoms with van der Waals surface area (Å²) in [6, 6.07) is 2.46. The lowest BCUT2D eigenvalue weighted by molar-refractivity contribution is -0.0502. The lowest BCUT2D eigenvalue weighted by Crippen LogP contribution is -2.04. The summed E-state index contributed by atoms with van der Waals surface area (Å²) in [6.07, 6.45) is 0.739. The van der Waals surface area contributed by atoms with Crippen molar-refractivity contribution < 1.29 is 17.9 Å². The van der Waals surface area contributed by atoms with Gasteiger partial charge in [0.2, 0.25) is 0 Å². The van der Waals surface area contributed by atoms with E-state index in [0.717, 1.165) is 12.3 Å². The molecule has 0 spiro atoms. The second-order valence-corrected chi connectivity index (χ2v) is 2.31. The Hall–Kier alpha value is -1.77. The van der Waals surface area contributed by atoms with E-state index in [1.165, 1.54) is 0 Å². The SMILES string of the molecule is N#CCc1ncc(OC(F)F)cc1F. The van der Waals surface area contributed by atoms with Crippen LogP contribution in [0, 0.1) is 17.1 Å². The number of hydrogen-bond donors (Lipinski definition) is 0. The first-order valence-corrected chi connectivity index (χ1v) is 3.59. The van der Waals surface area contributed by atoms with Crippen molar-refractivity contribution in [1.29, 1.82) is 5.26 Å². The van der Waals surface area contributed by atoms with Crippen molar-refractivity contribution in [1.82, 2.24) is 4.98 Å². The van der Waals surface area contributed by atoms with E-state index in [4.69, 9.17) is 5.26 Å². The number of pyridine rings is 1. The molecule has 0 unspecified atom stereocenters. The van der Waals surface area contributed by atoms with Crippen LogP contribution in [0.15, 0.2) is 12.3 Å². The van der Waals surface area contributed by atoms with E-state index in [2.05, 4.69) is 9.72 Å². The summed E-state index contributed by atoms with van der Waals surface area (Å²) in [5.41, 5.74) is -0.0888. The molecule has 0 aliphatic heterocycles. The van der Waals surface area contributed by atoms with Crippen molar-refractivity contribution >= 4 is 0 Å². The molecule has 0 radical (unpaired) electrons. The van der Waals surface area contributed by atoms with E-state index in [1.807, 2.05) is 0 Å². The first-order valence-electron chi connectivity index (χ1n) is 3.59. The normalized spacial score (nSPS) is 9.93. The van der Waals surface area contributed by atoms with E-state index in [1.54, 1.807) is 6.07 Å². The highest BCUT2D eigenvalue weighted by atomic mass is 19.3. The average Bonchev–Trinajstić information content (AvgIpc) is 2.09. The molecule has 0 saturated carbocycles. The third kappa shape index (κ3) is 2.62. The van der Waals surface area contributed by atoms with Gasteiger partial charge in [-0.2, -0.15) is 14.0 Å². The standard InChI is InChI=1S/C8H5F3N2O/c9-6-3-5(14-8(10)11)4-13-7(6)1-2-12/h3-4,8H,1H2. The molecule has 0 saturated heterocycles. The van der Waals surface area contributed by atoms with Crippen LogP contribution in [0.25, 0.3) is 0 Å². The molecule has 0 aliphatic carbocycles. The number of nitrogens with zero attached hydrogens (tertiary/aromatic N) is 2. The maximum absolute atomic E-state index is 12.9. The Morgan fingerprint density at radius 1 is 1.57 bits per heavy atom. The van der Waals surface area contributed by atoms with Gasteiger partial charge >= 0.3 is 6.61 Å². The number of ether oxygens (including phenoxy) is 1. The fourth-order valence-electron chi connectivity index (χ4n) is 0.821. The Balaban J connectivity index is 2.84. The lowest BCUT2D eigenvalue weighted by atomic mass is 10.3. The van der Waals surface area contributed by atoms with E-state index < -0.39 is 12.4 Å². The van der Waals surface area contributed by atoms with E-state index >= 15 is 0 Å². The molecule has 0 N–H and O–H groups in total. The Kier molecular flexibility index (Phi) is 3.29. The number of hydrogen-bond acceptors (Lipinski definition) is 3. The highest BCUT2D eigenvalue weighted by molar-refractivity contribution is 5.23. The van der Waals surface area contributed by atoms with Crippen LogP contribution >= 0.6 is 0 Å². The van der Waals surface area contributed by atoms with Crippen molar-refractivity contribution in [3.63, 3.8) is 0 Å². The molecule has 14 heavy (non-hydrogen) atoms. The van der Waals surface area contributed by atoms with Crippen molar-refractivity contribution in [2.45, 2.75) is 13.0 Å². The molecule has 1 aromatic heterocycles. The minimum atomic E-state index is -3.02. The Bertz CT molecular complexity index is 362. The average molecular weight is 202 g/mol. The topological polar surface area (TPSA) is 45.9 Å². The molecule has 3 nitrogen and oxygen atoms in total. The minimum absolute atomic E-state index is 0.0888. The third-order valence-electron chi connectivity index (χ3n) is 1.36. The fraction of sp³-hybridized carbons (Fsp3) is 0.250. The van der Waals surface area contributed by atoms with Gasteiger partial charge in [-0.1, -0.05) is 0 Å². The molecule has 0 fully saturated rings. The van der Waals surface area contributed by atoms with Gasteiger partial charge in [0, 0.05) is 6.07 Å². The quantitative estimate of drug-likeness (QED) is 0.751. The van der Waals surface area contributed by atoms with E-state index in [-0.39, 0.29) is 17.9 Å². The Morgan fingerprint density at radius 2 is 2.29 bits per heavy atom.